The lowest BCUT2D eigenvalue weighted by Crippen LogP contribution is -2.56. The summed E-state index contributed by atoms with van der Waals surface area (Å²) in [5.74, 6) is -0.416. The molecule has 0 fully saturated rings. The number of amides is 2. The molecule has 0 unspecified atom stereocenters. The largest absolute Gasteiger partial charge is 0.272 e. The van der Waals surface area contributed by atoms with E-state index in [1.165, 1.54) is 10.0 Å². The first-order valence-electron chi connectivity index (χ1n) is 7.96. The lowest BCUT2D eigenvalue weighted by atomic mass is 10.1. The molecule has 0 heterocycles. The molecule has 0 spiro atoms. The van der Waals surface area contributed by atoms with Crippen molar-refractivity contribution in [3.05, 3.63) is 71.3 Å². The van der Waals surface area contributed by atoms with Crippen LogP contribution >= 0.6 is 0 Å². The zero-order valence-corrected chi connectivity index (χ0v) is 14.9. The lowest BCUT2D eigenvalue weighted by Gasteiger charge is -2.41. The summed E-state index contributed by atoms with van der Waals surface area (Å²) in [5.41, 5.74) is 1.65. The van der Waals surface area contributed by atoms with E-state index in [4.69, 9.17) is 0 Å². The Morgan fingerprint density at radius 1 is 0.792 bits per heavy atom. The van der Waals surface area contributed by atoms with Gasteiger partial charge in [0.25, 0.3) is 11.8 Å². The standard InChI is InChI=1S/C20H24N2O2/c1-15-11-13-17(14-12-15)18(23)21(5)22(20(2,3)4)19(24)16-9-7-6-8-10-16/h6-14H,1-5H3. The molecule has 0 N–H and O–H groups in total. The molecular formula is C20H24N2O2. The van der Waals surface area contributed by atoms with Gasteiger partial charge in [0.1, 0.15) is 0 Å². The molecule has 0 radical (unpaired) electrons. The minimum Gasteiger partial charge on any atom is -0.267 e. The average Bonchev–Trinajstić information content (AvgIpc) is 2.54. The Labute approximate surface area is 143 Å². The molecule has 0 bridgehead atoms. The summed E-state index contributed by atoms with van der Waals surface area (Å²) < 4.78 is 0. The number of hydrogen-bond acceptors (Lipinski definition) is 2. The lowest BCUT2D eigenvalue weighted by molar-refractivity contribution is -0.0308. The van der Waals surface area contributed by atoms with Gasteiger partial charge in [-0.15, -0.1) is 0 Å². The zero-order valence-electron chi connectivity index (χ0n) is 14.9. The molecule has 0 atom stereocenters. The fourth-order valence-corrected chi connectivity index (χ4v) is 2.57. The quantitative estimate of drug-likeness (QED) is 0.786. The van der Waals surface area contributed by atoms with Gasteiger partial charge in [-0.05, 0) is 52.0 Å². The predicted molar refractivity (Wildman–Crippen MR) is 95.6 cm³/mol. The number of aryl methyl sites for hydroxylation is 1. The van der Waals surface area contributed by atoms with Gasteiger partial charge in [-0.2, -0.15) is 0 Å². The van der Waals surface area contributed by atoms with E-state index in [1.807, 2.05) is 58.0 Å². The highest BCUT2D eigenvalue weighted by Crippen LogP contribution is 2.21. The first kappa shape index (κ1) is 17.7. The van der Waals surface area contributed by atoms with Crippen LogP contribution in [0.2, 0.25) is 0 Å². The van der Waals surface area contributed by atoms with Gasteiger partial charge >= 0.3 is 0 Å². The molecule has 0 aliphatic carbocycles. The Balaban J connectivity index is 2.36. The van der Waals surface area contributed by atoms with Crippen LogP contribution in [0.4, 0.5) is 0 Å². The number of carbonyl (C=O) groups excluding carboxylic acids is 2. The van der Waals surface area contributed by atoms with Crippen molar-refractivity contribution in [1.82, 2.24) is 10.0 Å². The third kappa shape index (κ3) is 3.82. The van der Waals surface area contributed by atoms with Gasteiger partial charge in [0, 0.05) is 18.2 Å². The van der Waals surface area contributed by atoms with Crippen LogP contribution in [0, 0.1) is 6.92 Å². The molecule has 24 heavy (non-hydrogen) atoms. The normalized spacial score (nSPS) is 11.0. The highest BCUT2D eigenvalue weighted by atomic mass is 16.2. The Morgan fingerprint density at radius 2 is 1.29 bits per heavy atom. The minimum absolute atomic E-state index is 0.203. The molecule has 2 rings (SSSR count). The van der Waals surface area contributed by atoms with Crippen LogP contribution < -0.4 is 0 Å². The van der Waals surface area contributed by atoms with Gasteiger partial charge in [0.2, 0.25) is 0 Å². The van der Waals surface area contributed by atoms with Gasteiger partial charge in [0.15, 0.2) is 0 Å². The Morgan fingerprint density at radius 3 is 1.79 bits per heavy atom. The van der Waals surface area contributed by atoms with E-state index in [1.54, 1.807) is 31.3 Å². The average molecular weight is 324 g/mol. The first-order valence-corrected chi connectivity index (χ1v) is 7.96. The molecule has 126 valence electrons. The van der Waals surface area contributed by atoms with Crippen LogP contribution in [-0.4, -0.2) is 34.4 Å². The van der Waals surface area contributed by atoms with E-state index in [2.05, 4.69) is 0 Å². The van der Waals surface area contributed by atoms with Gasteiger partial charge in [0.05, 0.1) is 5.54 Å². The monoisotopic (exact) mass is 324 g/mol. The maximum Gasteiger partial charge on any atom is 0.272 e. The van der Waals surface area contributed by atoms with Crippen molar-refractivity contribution in [3.8, 4) is 0 Å². The smallest absolute Gasteiger partial charge is 0.267 e. The summed E-state index contributed by atoms with van der Waals surface area (Å²) in [6.07, 6.45) is 0. The van der Waals surface area contributed by atoms with Crippen molar-refractivity contribution in [2.24, 2.45) is 0 Å². The van der Waals surface area contributed by atoms with E-state index in [0.717, 1.165) is 5.56 Å². The summed E-state index contributed by atoms with van der Waals surface area (Å²) in [4.78, 5) is 25.8. The molecular weight excluding hydrogens is 300 g/mol. The Hall–Kier alpha value is -2.62. The van der Waals surface area contributed by atoms with Crippen LogP contribution in [0.5, 0.6) is 0 Å². The molecule has 0 saturated carbocycles. The van der Waals surface area contributed by atoms with Gasteiger partial charge in [-0.25, -0.2) is 10.0 Å². The Kier molecular flexibility index (Phi) is 5.07. The van der Waals surface area contributed by atoms with Crippen molar-refractivity contribution in [2.75, 3.05) is 7.05 Å². The summed E-state index contributed by atoms with van der Waals surface area (Å²) in [5, 5.41) is 2.91. The molecule has 0 saturated heterocycles. The fourth-order valence-electron chi connectivity index (χ4n) is 2.57. The highest BCUT2D eigenvalue weighted by molar-refractivity contribution is 5.99. The summed E-state index contributed by atoms with van der Waals surface area (Å²) in [6, 6.07) is 16.3. The van der Waals surface area contributed by atoms with Crippen molar-refractivity contribution >= 4 is 11.8 Å². The van der Waals surface area contributed by atoms with Crippen molar-refractivity contribution in [2.45, 2.75) is 33.2 Å². The molecule has 2 aromatic carbocycles. The van der Waals surface area contributed by atoms with Gasteiger partial charge in [-0.1, -0.05) is 35.9 Å². The predicted octanol–water partition coefficient (Wildman–Crippen LogP) is 3.92. The van der Waals surface area contributed by atoms with Crippen molar-refractivity contribution in [1.29, 1.82) is 0 Å². The van der Waals surface area contributed by atoms with E-state index in [-0.39, 0.29) is 11.8 Å². The number of carbonyl (C=O) groups is 2. The van der Waals surface area contributed by atoms with Gasteiger partial charge < -0.3 is 0 Å². The van der Waals surface area contributed by atoms with Crippen molar-refractivity contribution in [3.63, 3.8) is 0 Å². The number of hydrogen-bond donors (Lipinski definition) is 0. The topological polar surface area (TPSA) is 40.6 Å². The Bertz CT molecular complexity index is 716. The van der Waals surface area contributed by atoms with E-state index in [0.29, 0.717) is 11.1 Å². The number of nitrogens with zero attached hydrogens (tertiary/aromatic N) is 2. The number of rotatable bonds is 2. The second kappa shape index (κ2) is 6.87. The van der Waals surface area contributed by atoms with Crippen LogP contribution in [0.15, 0.2) is 54.6 Å². The summed E-state index contributed by atoms with van der Waals surface area (Å²) in [7, 11) is 1.63. The molecule has 0 aliphatic rings. The molecule has 4 heteroatoms. The zero-order chi connectivity index (χ0) is 17.9. The molecule has 2 aromatic rings. The second-order valence-corrected chi connectivity index (χ2v) is 6.85. The number of benzene rings is 2. The van der Waals surface area contributed by atoms with Crippen LogP contribution in [0.25, 0.3) is 0 Å². The molecule has 0 aromatic heterocycles. The SMILES string of the molecule is Cc1ccc(C(=O)N(C)N(C(=O)c2ccccc2)C(C)(C)C)cc1. The van der Waals surface area contributed by atoms with Crippen LogP contribution in [0.1, 0.15) is 47.1 Å². The minimum atomic E-state index is -0.540. The van der Waals surface area contributed by atoms with E-state index >= 15 is 0 Å². The summed E-state index contributed by atoms with van der Waals surface area (Å²) in [6.45, 7) is 7.70. The third-order valence-corrected chi connectivity index (χ3v) is 3.74. The van der Waals surface area contributed by atoms with Crippen molar-refractivity contribution < 1.29 is 9.59 Å². The third-order valence-electron chi connectivity index (χ3n) is 3.74. The molecule has 0 aliphatic heterocycles. The second-order valence-electron chi connectivity index (χ2n) is 6.85. The highest BCUT2D eigenvalue weighted by Gasteiger charge is 2.33. The molecule has 4 nitrogen and oxygen atoms in total. The maximum atomic E-state index is 13.0. The van der Waals surface area contributed by atoms with E-state index < -0.39 is 5.54 Å². The van der Waals surface area contributed by atoms with Crippen LogP contribution in [0.3, 0.4) is 0 Å². The maximum absolute atomic E-state index is 13.0. The number of hydrazine groups is 1. The first-order chi connectivity index (χ1) is 11.2. The summed E-state index contributed by atoms with van der Waals surface area (Å²) >= 11 is 0. The molecule has 2 amide bonds. The van der Waals surface area contributed by atoms with Crippen LogP contribution in [-0.2, 0) is 0 Å². The van der Waals surface area contributed by atoms with E-state index in [9.17, 15) is 9.59 Å². The fraction of sp³-hybridized carbons (Fsp3) is 0.300. The van der Waals surface area contributed by atoms with Gasteiger partial charge in [-0.3, -0.25) is 9.59 Å².